The van der Waals surface area contributed by atoms with Crippen molar-refractivity contribution in [2.24, 2.45) is 5.92 Å². The first kappa shape index (κ1) is 14.0. The molecule has 2 saturated heterocycles. The third-order valence-corrected chi connectivity index (χ3v) is 4.38. The van der Waals surface area contributed by atoms with Crippen molar-refractivity contribution >= 4 is 5.78 Å². The smallest absolute Gasteiger partial charge is 0.136 e. The fourth-order valence-electron chi connectivity index (χ4n) is 3.15. The monoisotopic (exact) mass is 254 g/mol. The summed E-state index contributed by atoms with van der Waals surface area (Å²) in [5, 5.41) is 0. The fourth-order valence-corrected chi connectivity index (χ4v) is 3.15. The van der Waals surface area contributed by atoms with E-state index < -0.39 is 0 Å². The van der Waals surface area contributed by atoms with Gasteiger partial charge < -0.3 is 9.47 Å². The summed E-state index contributed by atoms with van der Waals surface area (Å²) in [7, 11) is 0. The van der Waals surface area contributed by atoms with Gasteiger partial charge in [0.25, 0.3) is 0 Å². The molecular formula is C15H26O3. The van der Waals surface area contributed by atoms with E-state index in [1.165, 1.54) is 12.8 Å². The van der Waals surface area contributed by atoms with E-state index in [0.717, 1.165) is 58.3 Å². The largest absolute Gasteiger partial charge is 0.381 e. The average Bonchev–Trinajstić information content (AvgIpc) is 2.40. The molecule has 1 unspecified atom stereocenters. The molecule has 0 saturated carbocycles. The highest BCUT2D eigenvalue weighted by molar-refractivity contribution is 5.81. The topological polar surface area (TPSA) is 35.5 Å². The van der Waals surface area contributed by atoms with Crippen LogP contribution in [0.15, 0.2) is 0 Å². The fraction of sp³-hybridized carbons (Fsp3) is 0.933. The predicted molar refractivity (Wildman–Crippen MR) is 70.6 cm³/mol. The van der Waals surface area contributed by atoms with Crippen LogP contribution in [0, 0.1) is 5.92 Å². The first-order chi connectivity index (χ1) is 8.76. The highest BCUT2D eigenvalue weighted by Crippen LogP contribution is 2.37. The predicted octanol–water partition coefficient (Wildman–Crippen LogP) is 3.11. The van der Waals surface area contributed by atoms with Crippen molar-refractivity contribution in [3.05, 3.63) is 0 Å². The number of carbonyl (C=O) groups is 1. The number of hydrogen-bond acceptors (Lipinski definition) is 3. The zero-order chi connectivity index (χ0) is 12.8. The Balaban J connectivity index is 1.83. The number of carbonyl (C=O) groups excluding carboxylic acids is 1. The molecule has 0 amide bonds. The number of rotatable bonds is 5. The van der Waals surface area contributed by atoms with E-state index in [9.17, 15) is 4.79 Å². The Bertz CT molecular complexity index is 263. The molecule has 2 aliphatic heterocycles. The van der Waals surface area contributed by atoms with Gasteiger partial charge >= 0.3 is 0 Å². The van der Waals surface area contributed by atoms with Gasteiger partial charge in [-0.1, -0.05) is 19.8 Å². The van der Waals surface area contributed by atoms with Crippen molar-refractivity contribution in [3.63, 3.8) is 0 Å². The standard InChI is InChI=1S/C15H26O3/c1-2-3-4-5-14(16)13-6-9-18-15(12-13)7-10-17-11-8-15/h13H,2-12H2,1H3. The molecule has 0 aromatic rings. The molecule has 0 aliphatic carbocycles. The lowest BCUT2D eigenvalue weighted by Gasteiger charge is -2.43. The van der Waals surface area contributed by atoms with Crippen LogP contribution in [0.5, 0.6) is 0 Å². The lowest BCUT2D eigenvalue weighted by molar-refractivity contribution is -0.157. The van der Waals surface area contributed by atoms with Crippen LogP contribution < -0.4 is 0 Å². The second-order valence-electron chi connectivity index (χ2n) is 5.76. The second kappa shape index (κ2) is 6.67. The van der Waals surface area contributed by atoms with Gasteiger partial charge in [-0.25, -0.2) is 0 Å². The van der Waals surface area contributed by atoms with Crippen molar-refractivity contribution in [1.29, 1.82) is 0 Å². The number of unbranched alkanes of at least 4 members (excludes halogenated alkanes) is 2. The molecule has 2 fully saturated rings. The summed E-state index contributed by atoms with van der Waals surface area (Å²) in [5.41, 5.74) is -0.0401. The Morgan fingerprint density at radius 2 is 2.00 bits per heavy atom. The summed E-state index contributed by atoms with van der Waals surface area (Å²) < 4.78 is 11.4. The number of ketones is 1. The summed E-state index contributed by atoms with van der Waals surface area (Å²) in [6.07, 6.45) is 7.97. The van der Waals surface area contributed by atoms with Crippen LogP contribution in [-0.2, 0) is 14.3 Å². The van der Waals surface area contributed by atoms with Gasteiger partial charge in [0.05, 0.1) is 5.60 Å². The van der Waals surface area contributed by atoms with Crippen LogP contribution >= 0.6 is 0 Å². The molecule has 2 heterocycles. The van der Waals surface area contributed by atoms with Crippen molar-refractivity contribution in [2.75, 3.05) is 19.8 Å². The minimum Gasteiger partial charge on any atom is -0.381 e. The van der Waals surface area contributed by atoms with Crippen LogP contribution in [0.4, 0.5) is 0 Å². The summed E-state index contributed by atoms with van der Waals surface area (Å²) in [6.45, 7) is 4.51. The van der Waals surface area contributed by atoms with E-state index >= 15 is 0 Å². The van der Waals surface area contributed by atoms with Crippen molar-refractivity contribution in [3.8, 4) is 0 Å². The van der Waals surface area contributed by atoms with E-state index in [1.807, 2.05) is 0 Å². The normalized spacial score (nSPS) is 27.3. The van der Waals surface area contributed by atoms with Crippen LogP contribution in [0.1, 0.15) is 58.3 Å². The summed E-state index contributed by atoms with van der Waals surface area (Å²) >= 11 is 0. The Labute approximate surface area is 110 Å². The van der Waals surface area contributed by atoms with Crippen molar-refractivity contribution < 1.29 is 14.3 Å². The van der Waals surface area contributed by atoms with Crippen LogP contribution in [0.2, 0.25) is 0 Å². The van der Waals surface area contributed by atoms with Gasteiger partial charge in [-0.2, -0.15) is 0 Å². The average molecular weight is 254 g/mol. The van der Waals surface area contributed by atoms with Crippen LogP contribution in [-0.4, -0.2) is 31.2 Å². The molecule has 1 atom stereocenters. The van der Waals surface area contributed by atoms with Crippen molar-refractivity contribution in [2.45, 2.75) is 63.9 Å². The molecule has 3 heteroatoms. The van der Waals surface area contributed by atoms with Gasteiger partial charge in [0.15, 0.2) is 0 Å². The molecule has 0 radical (unpaired) electrons. The molecule has 2 aliphatic rings. The van der Waals surface area contributed by atoms with Gasteiger partial charge in [-0.15, -0.1) is 0 Å². The molecule has 104 valence electrons. The van der Waals surface area contributed by atoms with Crippen LogP contribution in [0.25, 0.3) is 0 Å². The molecule has 18 heavy (non-hydrogen) atoms. The van der Waals surface area contributed by atoms with E-state index in [-0.39, 0.29) is 11.5 Å². The molecule has 2 rings (SSSR count). The summed E-state index contributed by atoms with van der Waals surface area (Å²) in [4.78, 5) is 12.2. The zero-order valence-electron chi connectivity index (χ0n) is 11.6. The lowest BCUT2D eigenvalue weighted by Crippen LogP contribution is -2.45. The first-order valence-electron chi connectivity index (χ1n) is 7.50. The Morgan fingerprint density at radius 1 is 1.22 bits per heavy atom. The van der Waals surface area contributed by atoms with Crippen molar-refractivity contribution in [1.82, 2.24) is 0 Å². The van der Waals surface area contributed by atoms with Gasteiger partial charge in [0.1, 0.15) is 5.78 Å². The second-order valence-corrected chi connectivity index (χ2v) is 5.76. The molecular weight excluding hydrogens is 228 g/mol. The molecule has 3 nitrogen and oxygen atoms in total. The maximum absolute atomic E-state index is 12.2. The Morgan fingerprint density at radius 3 is 2.72 bits per heavy atom. The number of ether oxygens (including phenoxy) is 2. The third-order valence-electron chi connectivity index (χ3n) is 4.38. The minimum atomic E-state index is -0.0401. The summed E-state index contributed by atoms with van der Waals surface area (Å²) in [6, 6.07) is 0. The highest BCUT2D eigenvalue weighted by atomic mass is 16.5. The van der Waals surface area contributed by atoms with Crippen LogP contribution in [0.3, 0.4) is 0 Å². The maximum atomic E-state index is 12.2. The van der Waals surface area contributed by atoms with Gasteiger partial charge in [-0.05, 0) is 32.1 Å². The molecule has 0 N–H and O–H groups in total. The molecule has 1 spiro atoms. The number of hydrogen-bond donors (Lipinski definition) is 0. The van der Waals surface area contributed by atoms with E-state index in [2.05, 4.69) is 6.92 Å². The quantitative estimate of drug-likeness (QED) is 0.707. The third kappa shape index (κ3) is 3.55. The van der Waals surface area contributed by atoms with Gasteiger partial charge in [0, 0.05) is 32.2 Å². The van der Waals surface area contributed by atoms with E-state index in [4.69, 9.17) is 9.47 Å². The lowest BCUT2D eigenvalue weighted by atomic mass is 9.78. The summed E-state index contributed by atoms with van der Waals surface area (Å²) in [5.74, 6) is 0.714. The molecule has 0 aromatic carbocycles. The molecule has 0 bridgehead atoms. The Kier molecular flexibility index (Phi) is 5.19. The SMILES string of the molecule is CCCCCC(=O)C1CCOC2(CCOCC2)C1. The highest BCUT2D eigenvalue weighted by Gasteiger charge is 2.40. The van der Waals surface area contributed by atoms with Gasteiger partial charge in [-0.3, -0.25) is 4.79 Å². The number of Topliss-reactive ketones (excluding diaryl/α,β-unsaturated/α-hetero) is 1. The minimum absolute atomic E-state index is 0.0401. The van der Waals surface area contributed by atoms with E-state index in [1.54, 1.807) is 0 Å². The first-order valence-corrected chi connectivity index (χ1v) is 7.50. The maximum Gasteiger partial charge on any atom is 0.136 e. The Hall–Kier alpha value is -0.410. The molecule has 0 aromatic heterocycles. The zero-order valence-corrected chi connectivity index (χ0v) is 11.6. The van der Waals surface area contributed by atoms with Gasteiger partial charge in [0.2, 0.25) is 0 Å². The van der Waals surface area contributed by atoms with E-state index in [0.29, 0.717) is 5.78 Å².